The van der Waals surface area contributed by atoms with Gasteiger partial charge in [-0.15, -0.1) is 0 Å². The van der Waals surface area contributed by atoms with Gasteiger partial charge in [-0.25, -0.2) is 4.98 Å². The highest BCUT2D eigenvalue weighted by Crippen LogP contribution is 2.23. The fourth-order valence-corrected chi connectivity index (χ4v) is 4.13. The second-order valence-electron chi connectivity index (χ2n) is 8.55. The summed E-state index contributed by atoms with van der Waals surface area (Å²) in [4.78, 5) is 17.6. The van der Waals surface area contributed by atoms with Crippen LogP contribution in [0.2, 0.25) is 0 Å². The van der Waals surface area contributed by atoms with Gasteiger partial charge in [0.2, 0.25) is 5.91 Å². The van der Waals surface area contributed by atoms with E-state index in [0.717, 1.165) is 39.3 Å². The van der Waals surface area contributed by atoms with Gasteiger partial charge < -0.3 is 14.6 Å². The maximum Gasteiger partial charge on any atom is 0.225 e. The second kappa shape index (κ2) is 9.90. The fraction of sp³-hybridized carbons (Fsp3) is 0.286. The summed E-state index contributed by atoms with van der Waals surface area (Å²) in [6.07, 6.45) is 0.354. The average Bonchev–Trinajstić information content (AvgIpc) is 3.17. The number of nitrogens with one attached hydrogen (secondary N) is 1. The van der Waals surface area contributed by atoms with E-state index in [1.165, 1.54) is 5.56 Å². The largest absolute Gasteiger partial charge is 0.491 e. The summed E-state index contributed by atoms with van der Waals surface area (Å²) in [7, 11) is 0. The summed E-state index contributed by atoms with van der Waals surface area (Å²) in [6, 6.07) is 21.9. The van der Waals surface area contributed by atoms with Crippen LogP contribution in [0.25, 0.3) is 11.0 Å². The summed E-state index contributed by atoms with van der Waals surface area (Å²) in [5.74, 6) is 1.72. The summed E-state index contributed by atoms with van der Waals surface area (Å²) in [5, 5.41) is 3.13. The molecule has 1 atom stereocenters. The van der Waals surface area contributed by atoms with Crippen LogP contribution in [0.5, 0.6) is 5.75 Å². The molecule has 0 bridgehead atoms. The van der Waals surface area contributed by atoms with Crippen LogP contribution >= 0.6 is 0 Å². The highest BCUT2D eigenvalue weighted by Gasteiger charge is 2.19. The van der Waals surface area contributed by atoms with Gasteiger partial charge in [0.25, 0.3) is 0 Å². The Morgan fingerprint density at radius 1 is 0.970 bits per heavy atom. The number of carbonyl (C=O) groups is 1. The maximum absolute atomic E-state index is 12.8. The van der Waals surface area contributed by atoms with Gasteiger partial charge in [0.05, 0.1) is 30.0 Å². The number of benzene rings is 3. The van der Waals surface area contributed by atoms with E-state index in [4.69, 9.17) is 9.72 Å². The van der Waals surface area contributed by atoms with E-state index in [1.807, 2.05) is 68.4 Å². The van der Waals surface area contributed by atoms with Crippen molar-refractivity contribution in [2.75, 3.05) is 6.61 Å². The lowest BCUT2D eigenvalue weighted by molar-refractivity contribution is -0.121. The first kappa shape index (κ1) is 22.6. The molecule has 0 spiro atoms. The van der Waals surface area contributed by atoms with Gasteiger partial charge in [0.1, 0.15) is 18.2 Å². The summed E-state index contributed by atoms with van der Waals surface area (Å²) in [6.45, 7) is 9.34. The molecule has 4 rings (SSSR count). The Morgan fingerprint density at radius 3 is 2.52 bits per heavy atom. The molecule has 33 heavy (non-hydrogen) atoms. The smallest absolute Gasteiger partial charge is 0.225 e. The monoisotopic (exact) mass is 441 g/mol. The SMILES string of the molecule is Cc1ccccc1CC(=O)NC(C)c1nc2ccccc2n1CCOc1cccc(C)c1C. The van der Waals surface area contributed by atoms with Gasteiger partial charge in [0.15, 0.2) is 0 Å². The molecule has 1 amide bonds. The van der Waals surface area contributed by atoms with E-state index in [-0.39, 0.29) is 11.9 Å². The van der Waals surface area contributed by atoms with Crippen molar-refractivity contribution in [1.29, 1.82) is 0 Å². The number of aromatic nitrogens is 2. The number of nitrogens with zero attached hydrogens (tertiary/aromatic N) is 2. The fourth-order valence-electron chi connectivity index (χ4n) is 4.13. The number of imidazole rings is 1. The molecule has 0 aliphatic heterocycles. The minimum absolute atomic E-state index is 0.0120. The topological polar surface area (TPSA) is 56.2 Å². The van der Waals surface area contributed by atoms with Crippen molar-refractivity contribution in [3.05, 3.63) is 94.8 Å². The predicted molar refractivity (Wildman–Crippen MR) is 133 cm³/mol. The highest BCUT2D eigenvalue weighted by molar-refractivity contribution is 5.80. The molecule has 1 heterocycles. The Hall–Kier alpha value is -3.60. The van der Waals surface area contributed by atoms with Crippen LogP contribution in [-0.2, 0) is 17.8 Å². The third kappa shape index (κ3) is 5.08. The van der Waals surface area contributed by atoms with E-state index >= 15 is 0 Å². The average molecular weight is 442 g/mol. The van der Waals surface area contributed by atoms with Crippen molar-refractivity contribution in [2.24, 2.45) is 0 Å². The van der Waals surface area contributed by atoms with Gasteiger partial charge in [0, 0.05) is 0 Å². The lowest BCUT2D eigenvalue weighted by Crippen LogP contribution is -2.30. The highest BCUT2D eigenvalue weighted by atomic mass is 16.5. The van der Waals surface area contributed by atoms with E-state index in [9.17, 15) is 4.79 Å². The maximum atomic E-state index is 12.8. The first-order valence-corrected chi connectivity index (χ1v) is 11.4. The molecule has 5 nitrogen and oxygen atoms in total. The van der Waals surface area contributed by atoms with Gasteiger partial charge in [-0.1, -0.05) is 48.5 Å². The first-order chi connectivity index (χ1) is 15.9. The molecule has 1 unspecified atom stereocenters. The van der Waals surface area contributed by atoms with E-state index < -0.39 is 0 Å². The summed E-state index contributed by atoms with van der Waals surface area (Å²) >= 11 is 0. The molecule has 0 saturated carbocycles. The third-order valence-electron chi connectivity index (χ3n) is 6.19. The molecule has 5 heteroatoms. The van der Waals surface area contributed by atoms with Crippen LogP contribution in [0.3, 0.4) is 0 Å². The molecule has 0 fully saturated rings. The molecule has 0 radical (unpaired) electrons. The number of ether oxygens (including phenoxy) is 1. The van der Waals surface area contributed by atoms with E-state index in [1.54, 1.807) is 0 Å². The Bertz CT molecular complexity index is 1280. The third-order valence-corrected chi connectivity index (χ3v) is 6.19. The normalized spacial score (nSPS) is 12.0. The number of amides is 1. The standard InChI is InChI=1S/C28H31N3O2/c1-19-11-9-15-26(21(19)3)33-17-16-31-25-14-8-7-13-24(25)30-28(31)22(4)29-27(32)18-23-12-6-5-10-20(23)2/h5-15,22H,16-18H2,1-4H3,(H,29,32). The van der Waals surface area contributed by atoms with Gasteiger partial charge >= 0.3 is 0 Å². The molecule has 170 valence electrons. The molecule has 0 aliphatic rings. The Morgan fingerprint density at radius 2 is 1.70 bits per heavy atom. The number of fused-ring (bicyclic) bond motifs is 1. The molecule has 4 aromatic rings. The second-order valence-corrected chi connectivity index (χ2v) is 8.55. The zero-order valence-corrected chi connectivity index (χ0v) is 19.8. The van der Waals surface area contributed by atoms with Crippen molar-refractivity contribution in [3.63, 3.8) is 0 Å². The molecular formula is C28H31N3O2. The van der Waals surface area contributed by atoms with Crippen LogP contribution in [0.4, 0.5) is 0 Å². The number of hydrogen-bond donors (Lipinski definition) is 1. The quantitative estimate of drug-likeness (QED) is 0.395. The van der Waals surface area contributed by atoms with Gasteiger partial charge in [-0.2, -0.15) is 0 Å². The predicted octanol–water partition coefficient (Wildman–Crippen LogP) is 5.46. The molecule has 3 aromatic carbocycles. The van der Waals surface area contributed by atoms with Crippen LogP contribution in [-0.4, -0.2) is 22.1 Å². The molecule has 0 aliphatic carbocycles. The van der Waals surface area contributed by atoms with Crippen LogP contribution in [0.15, 0.2) is 66.7 Å². The molecule has 1 N–H and O–H groups in total. The zero-order chi connectivity index (χ0) is 23.4. The lowest BCUT2D eigenvalue weighted by Gasteiger charge is -2.17. The van der Waals surface area contributed by atoms with Crippen molar-refractivity contribution in [3.8, 4) is 5.75 Å². The van der Waals surface area contributed by atoms with Crippen LogP contribution in [0, 0.1) is 20.8 Å². The van der Waals surface area contributed by atoms with Crippen molar-refractivity contribution in [1.82, 2.24) is 14.9 Å². The van der Waals surface area contributed by atoms with Crippen molar-refractivity contribution in [2.45, 2.75) is 46.7 Å². The number of hydrogen-bond acceptors (Lipinski definition) is 3. The minimum Gasteiger partial charge on any atom is -0.491 e. The van der Waals surface area contributed by atoms with Crippen molar-refractivity contribution >= 4 is 16.9 Å². The number of aryl methyl sites for hydroxylation is 2. The van der Waals surface area contributed by atoms with E-state index in [0.29, 0.717) is 19.6 Å². The van der Waals surface area contributed by atoms with Crippen LogP contribution in [0.1, 0.15) is 41.0 Å². The number of para-hydroxylation sites is 2. The Kier molecular flexibility index (Phi) is 6.78. The molecular weight excluding hydrogens is 410 g/mol. The lowest BCUT2D eigenvalue weighted by atomic mass is 10.1. The zero-order valence-electron chi connectivity index (χ0n) is 19.8. The van der Waals surface area contributed by atoms with Crippen molar-refractivity contribution < 1.29 is 9.53 Å². The molecule has 0 saturated heterocycles. The number of rotatable bonds is 8. The van der Waals surface area contributed by atoms with Gasteiger partial charge in [-0.05, 0) is 68.1 Å². The first-order valence-electron chi connectivity index (χ1n) is 11.4. The molecule has 1 aromatic heterocycles. The Labute approximate surface area is 195 Å². The van der Waals surface area contributed by atoms with Crippen LogP contribution < -0.4 is 10.1 Å². The van der Waals surface area contributed by atoms with E-state index in [2.05, 4.69) is 35.9 Å². The van der Waals surface area contributed by atoms with Gasteiger partial charge in [-0.3, -0.25) is 4.79 Å². The summed E-state index contributed by atoms with van der Waals surface area (Å²) in [5.41, 5.74) is 6.49. The Balaban J connectivity index is 1.51. The summed E-state index contributed by atoms with van der Waals surface area (Å²) < 4.78 is 8.26. The minimum atomic E-state index is -0.227. The number of carbonyl (C=O) groups excluding carboxylic acids is 1.